The van der Waals surface area contributed by atoms with Gasteiger partial charge >= 0.3 is 0 Å². The Labute approximate surface area is 132 Å². The predicted molar refractivity (Wildman–Crippen MR) is 87.7 cm³/mol. The topological polar surface area (TPSA) is 65.3 Å². The van der Waals surface area contributed by atoms with Crippen molar-refractivity contribution in [3.63, 3.8) is 0 Å². The predicted octanol–water partition coefficient (Wildman–Crippen LogP) is 1.91. The molecule has 1 atom stereocenters. The molecular weight excluding hydrogens is 308 g/mol. The van der Waals surface area contributed by atoms with E-state index in [9.17, 15) is 9.59 Å². The Morgan fingerprint density at radius 1 is 1.33 bits per heavy atom. The smallest absolute Gasteiger partial charge is 0.246 e. The van der Waals surface area contributed by atoms with Gasteiger partial charge in [-0.25, -0.2) is 0 Å². The van der Waals surface area contributed by atoms with Crippen LogP contribution < -0.4 is 0 Å². The van der Waals surface area contributed by atoms with E-state index in [1.165, 1.54) is 28.4 Å². The highest BCUT2D eigenvalue weighted by molar-refractivity contribution is 8.17. The summed E-state index contributed by atoms with van der Waals surface area (Å²) < 4.78 is 0. The normalized spacial score (nSPS) is 27.5. The van der Waals surface area contributed by atoms with Crippen LogP contribution in [0.25, 0.3) is 0 Å². The third-order valence-electron chi connectivity index (χ3n) is 2.91. The molecule has 2 heterocycles. The number of carbonyl (C=O) groups excluding carboxylic acids is 2. The summed E-state index contributed by atoms with van der Waals surface area (Å²) in [6.45, 7) is 9.72. The Morgan fingerprint density at radius 2 is 1.95 bits per heavy atom. The van der Waals surface area contributed by atoms with Crippen molar-refractivity contribution in [1.82, 2.24) is 9.80 Å². The van der Waals surface area contributed by atoms with E-state index in [1.807, 2.05) is 13.8 Å². The molecule has 1 radical (unpaired) electrons. The number of carbonyl (C=O) groups is 2. The second-order valence-electron chi connectivity index (χ2n) is 4.93. The van der Waals surface area contributed by atoms with Crippen LogP contribution in [-0.4, -0.2) is 50.8 Å². The summed E-state index contributed by atoms with van der Waals surface area (Å²) in [6, 6.07) is 0. The van der Waals surface area contributed by atoms with E-state index in [-0.39, 0.29) is 17.1 Å². The first-order valence-electron chi connectivity index (χ1n) is 6.38. The first-order valence-corrected chi connectivity index (χ1v) is 8.08. The summed E-state index contributed by atoms with van der Waals surface area (Å²) >= 11 is 2.66. The van der Waals surface area contributed by atoms with Gasteiger partial charge in [-0.05, 0) is 20.8 Å². The molecule has 1 unspecified atom stereocenters. The minimum atomic E-state index is -0.174. The highest BCUT2D eigenvalue weighted by Crippen LogP contribution is 2.32. The first kappa shape index (κ1) is 16.1. The van der Waals surface area contributed by atoms with Crippen LogP contribution in [0.5, 0.6) is 0 Å². The molecule has 113 valence electrons. The van der Waals surface area contributed by atoms with E-state index in [2.05, 4.69) is 16.8 Å². The fourth-order valence-corrected chi connectivity index (χ4v) is 3.54. The molecule has 0 bridgehead atoms. The van der Waals surface area contributed by atoms with Gasteiger partial charge in [0.05, 0.1) is 5.25 Å². The van der Waals surface area contributed by atoms with Crippen molar-refractivity contribution in [2.45, 2.75) is 26.0 Å². The highest BCUT2D eigenvalue weighted by atomic mass is 32.2. The summed E-state index contributed by atoms with van der Waals surface area (Å²) in [4.78, 5) is 26.8. The van der Waals surface area contributed by atoms with Crippen LogP contribution >= 0.6 is 23.5 Å². The summed E-state index contributed by atoms with van der Waals surface area (Å²) in [5.41, 5.74) is 0.880. The average molecular weight is 325 g/mol. The lowest BCUT2D eigenvalue weighted by Gasteiger charge is -2.15. The second-order valence-corrected chi connectivity index (χ2v) is 7.42. The van der Waals surface area contributed by atoms with Gasteiger partial charge in [0.1, 0.15) is 5.25 Å². The lowest BCUT2D eigenvalue weighted by Crippen LogP contribution is -2.32. The Morgan fingerprint density at radius 3 is 2.48 bits per heavy atom. The number of amidine groups is 2. The fraction of sp³-hybridized carbons (Fsp3) is 0.462. The van der Waals surface area contributed by atoms with Gasteiger partial charge in [-0.3, -0.25) is 19.4 Å². The van der Waals surface area contributed by atoms with Crippen LogP contribution in [-0.2, 0) is 9.59 Å². The third kappa shape index (κ3) is 3.32. The molecule has 2 saturated heterocycles. The largest absolute Gasteiger partial charge is 0.292 e. The number of rotatable bonds is 3. The van der Waals surface area contributed by atoms with E-state index in [0.717, 1.165) is 5.57 Å². The van der Waals surface area contributed by atoms with E-state index < -0.39 is 0 Å². The number of hydrogen-bond donors (Lipinski definition) is 0. The first-order chi connectivity index (χ1) is 9.81. The number of thioether (sulfide) groups is 2. The van der Waals surface area contributed by atoms with E-state index >= 15 is 0 Å². The van der Waals surface area contributed by atoms with Gasteiger partial charge in [0.25, 0.3) is 0 Å². The maximum Gasteiger partial charge on any atom is 0.246 e. The fourth-order valence-electron chi connectivity index (χ4n) is 1.82. The Balaban J connectivity index is 2.21. The quantitative estimate of drug-likeness (QED) is 0.587. The van der Waals surface area contributed by atoms with Gasteiger partial charge in [-0.1, -0.05) is 35.7 Å². The van der Waals surface area contributed by atoms with Crippen LogP contribution in [0.3, 0.4) is 0 Å². The molecule has 21 heavy (non-hydrogen) atoms. The molecule has 2 fully saturated rings. The van der Waals surface area contributed by atoms with Gasteiger partial charge in [-0.15, -0.1) is 10.2 Å². The number of hydrogen-bond acceptors (Lipinski definition) is 6. The monoisotopic (exact) mass is 325 g/mol. The summed E-state index contributed by atoms with van der Waals surface area (Å²) in [6.07, 6.45) is 0. The van der Waals surface area contributed by atoms with Crippen molar-refractivity contribution in [3.8, 4) is 0 Å². The van der Waals surface area contributed by atoms with Crippen molar-refractivity contribution in [1.29, 1.82) is 0 Å². The molecule has 2 aliphatic rings. The molecule has 6 nitrogen and oxygen atoms in total. The summed E-state index contributed by atoms with van der Waals surface area (Å²) in [7, 11) is 1.66. The third-order valence-corrected chi connectivity index (χ3v) is 5.00. The average Bonchev–Trinajstić information content (AvgIpc) is 2.81. The minimum absolute atomic E-state index is 0.00759. The molecule has 0 aromatic rings. The Bertz CT molecular complexity index is 558. The zero-order valence-electron chi connectivity index (χ0n) is 12.4. The molecule has 0 N–H and O–H groups in total. The van der Waals surface area contributed by atoms with Gasteiger partial charge < -0.3 is 0 Å². The molecule has 0 aromatic heterocycles. The Kier molecular flexibility index (Phi) is 4.77. The van der Waals surface area contributed by atoms with Gasteiger partial charge in [0, 0.05) is 13.6 Å². The second kappa shape index (κ2) is 6.23. The molecule has 2 aliphatic heterocycles. The molecule has 0 saturated carbocycles. The molecule has 8 heteroatoms. The zero-order valence-corrected chi connectivity index (χ0v) is 14.0. The van der Waals surface area contributed by atoms with Crippen LogP contribution in [0.2, 0.25) is 0 Å². The molecule has 0 aromatic carbocycles. The Hall–Kier alpha value is -1.28. The van der Waals surface area contributed by atoms with Crippen molar-refractivity contribution in [2.24, 2.45) is 10.2 Å². The minimum Gasteiger partial charge on any atom is -0.292 e. The standard InChI is InChI=1S/C13H17N4O2S2/c1-7(2)6-17-11(19)9(4)21-13(17)15-14-12-16(5)10(18)8(3)20-12/h9H,1,6H2,2-5H3. The lowest BCUT2D eigenvalue weighted by atomic mass is 10.3. The lowest BCUT2D eigenvalue weighted by molar-refractivity contribution is -0.125. The van der Waals surface area contributed by atoms with Crippen molar-refractivity contribution >= 4 is 45.7 Å². The van der Waals surface area contributed by atoms with Crippen LogP contribution in [0.4, 0.5) is 0 Å². The molecule has 2 rings (SSSR count). The van der Waals surface area contributed by atoms with E-state index in [1.54, 1.807) is 18.9 Å². The van der Waals surface area contributed by atoms with Gasteiger partial charge in [-0.2, -0.15) is 0 Å². The SMILES string of the molecule is C=C(C)CN1C(=O)C(C)SC1=NN=C1S[C](C)C(=O)N1C. The summed E-state index contributed by atoms with van der Waals surface area (Å²) in [5.74, 6) is -0.0607. The van der Waals surface area contributed by atoms with Crippen molar-refractivity contribution in [3.05, 3.63) is 17.4 Å². The van der Waals surface area contributed by atoms with Crippen molar-refractivity contribution in [2.75, 3.05) is 13.6 Å². The number of nitrogens with zero attached hydrogens (tertiary/aromatic N) is 4. The van der Waals surface area contributed by atoms with E-state index in [0.29, 0.717) is 22.1 Å². The van der Waals surface area contributed by atoms with Crippen LogP contribution in [0, 0.1) is 5.25 Å². The molecule has 0 spiro atoms. The molecule has 0 aliphatic carbocycles. The van der Waals surface area contributed by atoms with Crippen molar-refractivity contribution < 1.29 is 9.59 Å². The molecular formula is C13H17N4O2S2. The number of amides is 2. The van der Waals surface area contributed by atoms with Crippen LogP contribution in [0.15, 0.2) is 22.4 Å². The maximum absolute atomic E-state index is 12.1. The summed E-state index contributed by atoms with van der Waals surface area (Å²) in [5, 5.41) is 9.85. The van der Waals surface area contributed by atoms with Crippen LogP contribution in [0.1, 0.15) is 20.8 Å². The van der Waals surface area contributed by atoms with Gasteiger partial charge in [0.15, 0.2) is 10.3 Å². The van der Waals surface area contributed by atoms with Gasteiger partial charge in [0.2, 0.25) is 11.8 Å². The molecule has 2 amide bonds. The maximum atomic E-state index is 12.1. The zero-order chi connectivity index (χ0) is 15.7. The van der Waals surface area contributed by atoms with E-state index in [4.69, 9.17) is 0 Å². The highest BCUT2D eigenvalue weighted by Gasteiger charge is 2.36.